The van der Waals surface area contributed by atoms with E-state index in [1.807, 2.05) is 0 Å². The SMILES string of the molecule is C=C(C)c1cccc([Si]C(N(C)C)N(C)C)c1. The largest absolute Gasteiger partial charge is 0.297 e. The summed E-state index contributed by atoms with van der Waals surface area (Å²) in [6.45, 7) is 6.05. The van der Waals surface area contributed by atoms with Crippen molar-refractivity contribution in [3.8, 4) is 0 Å². The second-order valence-electron chi connectivity index (χ2n) is 4.81. The molecule has 1 aromatic rings. The zero-order valence-corrected chi connectivity index (χ0v) is 12.5. The van der Waals surface area contributed by atoms with E-state index < -0.39 is 0 Å². The summed E-state index contributed by atoms with van der Waals surface area (Å²) < 4.78 is 0. The average Bonchev–Trinajstić information content (AvgIpc) is 2.25. The van der Waals surface area contributed by atoms with Crippen molar-refractivity contribution in [1.82, 2.24) is 9.80 Å². The van der Waals surface area contributed by atoms with Crippen LogP contribution in [-0.2, 0) is 0 Å². The van der Waals surface area contributed by atoms with E-state index in [9.17, 15) is 0 Å². The molecule has 0 spiro atoms. The zero-order valence-electron chi connectivity index (χ0n) is 11.5. The fourth-order valence-electron chi connectivity index (χ4n) is 1.74. The Kier molecular flexibility index (Phi) is 5.12. The Labute approximate surface area is 108 Å². The first-order valence-electron chi connectivity index (χ1n) is 5.77. The predicted octanol–water partition coefficient (Wildman–Crippen LogP) is 1.46. The molecule has 17 heavy (non-hydrogen) atoms. The van der Waals surface area contributed by atoms with Crippen LogP contribution in [0.1, 0.15) is 12.5 Å². The number of rotatable bonds is 5. The number of benzene rings is 1. The van der Waals surface area contributed by atoms with Gasteiger partial charge in [-0.1, -0.05) is 41.6 Å². The molecule has 2 radical (unpaired) electrons. The second kappa shape index (κ2) is 6.14. The molecule has 0 aliphatic heterocycles. The van der Waals surface area contributed by atoms with Gasteiger partial charge in [-0.2, -0.15) is 0 Å². The van der Waals surface area contributed by atoms with Crippen molar-refractivity contribution in [2.45, 2.75) is 12.7 Å². The third-order valence-corrected chi connectivity index (χ3v) is 4.56. The highest BCUT2D eigenvalue weighted by Crippen LogP contribution is 2.08. The van der Waals surface area contributed by atoms with E-state index in [1.165, 1.54) is 10.8 Å². The van der Waals surface area contributed by atoms with Crippen molar-refractivity contribution in [3.63, 3.8) is 0 Å². The normalized spacial score (nSPS) is 11.5. The molecule has 0 aliphatic rings. The predicted molar refractivity (Wildman–Crippen MR) is 77.7 cm³/mol. The smallest absolute Gasteiger partial charge is 0.123 e. The van der Waals surface area contributed by atoms with Crippen LogP contribution in [0.2, 0.25) is 0 Å². The lowest BCUT2D eigenvalue weighted by atomic mass is 10.1. The Balaban J connectivity index is 2.86. The average molecular weight is 246 g/mol. The summed E-state index contributed by atoms with van der Waals surface area (Å²) in [6.07, 6.45) is 0. The van der Waals surface area contributed by atoms with E-state index in [0.717, 1.165) is 15.1 Å². The Bertz CT molecular complexity index is 378. The standard InChI is InChI=1S/C14H22N2Si/c1-11(2)12-8-7-9-13(10-12)17-14(15(3)4)16(5)6/h7-10,14H,1H2,2-6H3. The Morgan fingerprint density at radius 2 is 1.76 bits per heavy atom. The first kappa shape index (κ1) is 14.2. The molecule has 0 fully saturated rings. The summed E-state index contributed by atoms with van der Waals surface area (Å²) in [6, 6.07) is 8.69. The molecular formula is C14H22N2Si. The summed E-state index contributed by atoms with van der Waals surface area (Å²) >= 11 is 0. The fraction of sp³-hybridized carbons (Fsp3) is 0.429. The van der Waals surface area contributed by atoms with E-state index >= 15 is 0 Å². The van der Waals surface area contributed by atoms with Gasteiger partial charge in [-0.3, -0.25) is 9.80 Å². The van der Waals surface area contributed by atoms with Crippen molar-refractivity contribution in [3.05, 3.63) is 36.4 Å². The van der Waals surface area contributed by atoms with Crippen LogP contribution in [0, 0.1) is 0 Å². The molecule has 0 saturated heterocycles. The Morgan fingerprint density at radius 1 is 1.18 bits per heavy atom. The van der Waals surface area contributed by atoms with Gasteiger partial charge in [-0.25, -0.2) is 0 Å². The molecule has 0 N–H and O–H groups in total. The summed E-state index contributed by atoms with van der Waals surface area (Å²) in [5.74, 6) is 0.454. The molecule has 0 aliphatic carbocycles. The van der Waals surface area contributed by atoms with E-state index in [1.54, 1.807) is 0 Å². The van der Waals surface area contributed by atoms with Crippen molar-refractivity contribution in [1.29, 1.82) is 0 Å². The Morgan fingerprint density at radius 3 is 2.24 bits per heavy atom. The van der Waals surface area contributed by atoms with Crippen LogP contribution >= 0.6 is 0 Å². The molecule has 0 bridgehead atoms. The maximum absolute atomic E-state index is 4.00. The lowest BCUT2D eigenvalue weighted by Gasteiger charge is -2.30. The van der Waals surface area contributed by atoms with E-state index in [-0.39, 0.29) is 0 Å². The third-order valence-electron chi connectivity index (χ3n) is 2.63. The summed E-state index contributed by atoms with van der Waals surface area (Å²) in [5.41, 5.74) is 2.37. The fourth-order valence-corrected chi connectivity index (χ4v) is 2.99. The second-order valence-corrected chi connectivity index (χ2v) is 6.19. The first-order chi connectivity index (χ1) is 7.91. The van der Waals surface area contributed by atoms with Crippen LogP contribution in [0.4, 0.5) is 0 Å². The molecule has 0 saturated carbocycles. The monoisotopic (exact) mass is 246 g/mol. The number of nitrogens with zero attached hydrogens (tertiary/aromatic N) is 2. The maximum Gasteiger partial charge on any atom is 0.123 e. The van der Waals surface area contributed by atoms with Crippen LogP contribution in [-0.4, -0.2) is 53.3 Å². The van der Waals surface area contributed by atoms with Crippen LogP contribution in [0.5, 0.6) is 0 Å². The lowest BCUT2D eigenvalue weighted by molar-refractivity contribution is 0.202. The van der Waals surface area contributed by atoms with Gasteiger partial charge in [0.25, 0.3) is 0 Å². The van der Waals surface area contributed by atoms with Crippen LogP contribution in [0.15, 0.2) is 30.8 Å². The molecule has 2 nitrogen and oxygen atoms in total. The topological polar surface area (TPSA) is 6.48 Å². The number of hydrogen-bond donors (Lipinski definition) is 0. The minimum atomic E-state index is 0.454. The van der Waals surface area contributed by atoms with Crippen molar-refractivity contribution >= 4 is 20.3 Å². The molecular weight excluding hydrogens is 224 g/mol. The van der Waals surface area contributed by atoms with Gasteiger partial charge < -0.3 is 0 Å². The minimum Gasteiger partial charge on any atom is -0.297 e. The van der Waals surface area contributed by atoms with E-state index in [2.05, 4.69) is 75.8 Å². The van der Waals surface area contributed by atoms with Crippen molar-refractivity contribution in [2.75, 3.05) is 28.2 Å². The quantitative estimate of drug-likeness (QED) is 0.573. The molecule has 1 aromatic carbocycles. The summed E-state index contributed by atoms with van der Waals surface area (Å²) in [7, 11) is 9.26. The van der Waals surface area contributed by atoms with Crippen LogP contribution < -0.4 is 5.19 Å². The van der Waals surface area contributed by atoms with E-state index in [4.69, 9.17) is 0 Å². The summed E-state index contributed by atoms with van der Waals surface area (Å²) in [5, 5.41) is 1.39. The van der Waals surface area contributed by atoms with Crippen molar-refractivity contribution < 1.29 is 0 Å². The molecule has 0 atom stereocenters. The third kappa shape index (κ3) is 4.11. The highest BCUT2D eigenvalue weighted by Gasteiger charge is 2.15. The summed E-state index contributed by atoms with van der Waals surface area (Å²) in [4.78, 5) is 4.51. The van der Waals surface area contributed by atoms with Gasteiger partial charge in [0, 0.05) is 0 Å². The highest BCUT2D eigenvalue weighted by molar-refractivity contribution is 6.55. The lowest BCUT2D eigenvalue weighted by Crippen LogP contribution is -2.48. The van der Waals surface area contributed by atoms with Crippen LogP contribution in [0.3, 0.4) is 0 Å². The highest BCUT2D eigenvalue weighted by atomic mass is 28.2. The minimum absolute atomic E-state index is 0.454. The molecule has 1 rings (SSSR count). The molecule has 0 amide bonds. The molecule has 0 unspecified atom stereocenters. The van der Waals surface area contributed by atoms with Gasteiger partial charge >= 0.3 is 0 Å². The van der Waals surface area contributed by atoms with Gasteiger partial charge in [-0.15, -0.1) is 0 Å². The number of hydrogen-bond acceptors (Lipinski definition) is 2. The Hall–Kier alpha value is -0.903. The molecule has 3 heteroatoms. The van der Waals surface area contributed by atoms with Gasteiger partial charge in [0.2, 0.25) is 0 Å². The zero-order chi connectivity index (χ0) is 13.0. The van der Waals surface area contributed by atoms with E-state index in [0.29, 0.717) is 5.79 Å². The molecule has 0 aromatic heterocycles. The van der Waals surface area contributed by atoms with Gasteiger partial charge in [0.15, 0.2) is 0 Å². The van der Waals surface area contributed by atoms with Gasteiger partial charge in [0.05, 0.1) is 5.79 Å². The molecule has 0 heterocycles. The molecule has 92 valence electrons. The van der Waals surface area contributed by atoms with Crippen molar-refractivity contribution in [2.24, 2.45) is 0 Å². The van der Waals surface area contributed by atoms with Gasteiger partial charge in [-0.05, 0) is 40.7 Å². The maximum atomic E-state index is 4.00. The van der Waals surface area contributed by atoms with Crippen LogP contribution in [0.25, 0.3) is 5.57 Å². The first-order valence-corrected chi connectivity index (χ1v) is 6.85. The number of allylic oxidation sites excluding steroid dienone is 1. The van der Waals surface area contributed by atoms with Gasteiger partial charge in [0.1, 0.15) is 9.52 Å².